The lowest BCUT2D eigenvalue weighted by Crippen LogP contribution is -2.05. The molecule has 0 spiro atoms. The van der Waals surface area contributed by atoms with Crippen LogP contribution in [-0.4, -0.2) is 6.79 Å². The van der Waals surface area contributed by atoms with Crippen molar-refractivity contribution in [2.24, 2.45) is 5.73 Å². The maximum absolute atomic E-state index is 5.88. The van der Waals surface area contributed by atoms with Crippen LogP contribution in [0.4, 0.5) is 0 Å². The molecule has 3 rings (SSSR count). The van der Waals surface area contributed by atoms with Crippen molar-refractivity contribution >= 4 is 15.9 Å². The van der Waals surface area contributed by atoms with Crippen LogP contribution in [0.5, 0.6) is 23.0 Å². The van der Waals surface area contributed by atoms with E-state index in [2.05, 4.69) is 15.9 Å². The smallest absolute Gasteiger partial charge is 0.231 e. The minimum absolute atomic E-state index is 0.0241. The predicted molar refractivity (Wildman–Crippen MR) is 79.4 cm³/mol. The number of ether oxygens (including phenoxy) is 3. The first-order chi connectivity index (χ1) is 9.63. The molecule has 0 saturated heterocycles. The van der Waals surface area contributed by atoms with Crippen molar-refractivity contribution in [3.05, 3.63) is 46.4 Å². The third-order valence-corrected chi connectivity index (χ3v) is 3.73. The molecule has 2 N–H and O–H groups in total. The first kappa shape index (κ1) is 13.3. The summed E-state index contributed by atoms with van der Waals surface area (Å²) in [5.74, 6) is 2.88. The highest BCUT2D eigenvalue weighted by Gasteiger charge is 2.14. The molecule has 0 radical (unpaired) electrons. The van der Waals surface area contributed by atoms with Gasteiger partial charge in [-0.15, -0.1) is 0 Å². The highest BCUT2D eigenvalue weighted by molar-refractivity contribution is 9.10. The molecule has 4 nitrogen and oxygen atoms in total. The molecule has 0 aromatic heterocycles. The van der Waals surface area contributed by atoms with Crippen molar-refractivity contribution in [3.8, 4) is 23.0 Å². The molecule has 2 aromatic carbocycles. The van der Waals surface area contributed by atoms with Crippen molar-refractivity contribution < 1.29 is 14.2 Å². The van der Waals surface area contributed by atoms with Gasteiger partial charge in [0.05, 0.1) is 0 Å². The van der Waals surface area contributed by atoms with Gasteiger partial charge in [0.25, 0.3) is 0 Å². The van der Waals surface area contributed by atoms with Crippen LogP contribution in [0.2, 0.25) is 0 Å². The molecule has 20 heavy (non-hydrogen) atoms. The number of benzene rings is 2. The number of fused-ring (bicyclic) bond motifs is 1. The summed E-state index contributed by atoms with van der Waals surface area (Å²) in [4.78, 5) is 0. The monoisotopic (exact) mass is 335 g/mol. The highest BCUT2D eigenvalue weighted by Crippen LogP contribution is 2.37. The van der Waals surface area contributed by atoms with Gasteiger partial charge >= 0.3 is 0 Å². The largest absolute Gasteiger partial charge is 0.457 e. The maximum atomic E-state index is 5.88. The highest BCUT2D eigenvalue weighted by atomic mass is 79.9. The van der Waals surface area contributed by atoms with Crippen molar-refractivity contribution in [1.29, 1.82) is 0 Å². The van der Waals surface area contributed by atoms with E-state index < -0.39 is 0 Å². The normalized spacial score (nSPS) is 14.2. The van der Waals surface area contributed by atoms with Crippen LogP contribution in [0, 0.1) is 0 Å². The van der Waals surface area contributed by atoms with Gasteiger partial charge in [-0.3, -0.25) is 0 Å². The van der Waals surface area contributed by atoms with E-state index in [1.165, 1.54) is 0 Å². The molecule has 1 heterocycles. The van der Waals surface area contributed by atoms with E-state index in [0.29, 0.717) is 11.5 Å². The summed E-state index contributed by atoms with van der Waals surface area (Å²) < 4.78 is 17.3. The Labute approximate surface area is 125 Å². The van der Waals surface area contributed by atoms with Gasteiger partial charge in [-0.05, 0) is 36.8 Å². The second-order valence-corrected chi connectivity index (χ2v) is 5.44. The average Bonchev–Trinajstić information content (AvgIpc) is 2.85. The predicted octanol–water partition coefficient (Wildman–Crippen LogP) is 3.99. The number of hydrogen-bond acceptors (Lipinski definition) is 4. The van der Waals surface area contributed by atoms with Crippen LogP contribution < -0.4 is 19.9 Å². The fourth-order valence-corrected chi connectivity index (χ4v) is 2.74. The fraction of sp³-hybridized carbons (Fsp3) is 0.200. The van der Waals surface area contributed by atoms with E-state index in [0.717, 1.165) is 21.5 Å². The zero-order valence-electron chi connectivity index (χ0n) is 10.9. The van der Waals surface area contributed by atoms with E-state index in [-0.39, 0.29) is 12.8 Å². The molecule has 1 unspecified atom stereocenters. The average molecular weight is 336 g/mol. The Bertz CT molecular complexity index is 643. The number of halogens is 1. The molecule has 5 heteroatoms. The molecule has 1 aliphatic heterocycles. The van der Waals surface area contributed by atoms with Crippen molar-refractivity contribution in [3.63, 3.8) is 0 Å². The van der Waals surface area contributed by atoms with Crippen LogP contribution >= 0.6 is 15.9 Å². The van der Waals surface area contributed by atoms with Crippen LogP contribution in [0.25, 0.3) is 0 Å². The van der Waals surface area contributed by atoms with Gasteiger partial charge in [-0.2, -0.15) is 0 Å². The molecule has 0 amide bonds. The molecule has 0 saturated carbocycles. The summed E-state index contributed by atoms with van der Waals surface area (Å²) in [5.41, 5.74) is 6.92. The van der Waals surface area contributed by atoms with Crippen LogP contribution in [-0.2, 0) is 0 Å². The Morgan fingerprint density at radius 2 is 1.80 bits per heavy atom. The summed E-state index contributed by atoms with van der Waals surface area (Å²) in [6.45, 7) is 2.20. The van der Waals surface area contributed by atoms with Crippen LogP contribution in [0.15, 0.2) is 40.9 Å². The van der Waals surface area contributed by atoms with Crippen molar-refractivity contribution in [2.75, 3.05) is 6.79 Å². The van der Waals surface area contributed by atoms with Crippen molar-refractivity contribution in [2.45, 2.75) is 13.0 Å². The quantitative estimate of drug-likeness (QED) is 0.921. The van der Waals surface area contributed by atoms with E-state index in [1.54, 1.807) is 0 Å². The Kier molecular flexibility index (Phi) is 3.54. The molecule has 0 aliphatic carbocycles. The zero-order valence-corrected chi connectivity index (χ0v) is 12.5. The maximum Gasteiger partial charge on any atom is 0.231 e. The lowest BCUT2D eigenvalue weighted by atomic mass is 10.1. The molecule has 1 aliphatic rings. The first-order valence-electron chi connectivity index (χ1n) is 6.26. The van der Waals surface area contributed by atoms with E-state index in [9.17, 15) is 0 Å². The zero-order chi connectivity index (χ0) is 14.1. The summed E-state index contributed by atoms with van der Waals surface area (Å²) in [6.07, 6.45) is 0. The van der Waals surface area contributed by atoms with Gasteiger partial charge in [-0.25, -0.2) is 0 Å². The SMILES string of the molecule is CC(N)c1ccc(Oc2ccc3c(c2)OCO3)cc1Br. The standard InChI is InChI=1S/C15H14BrNO3/c1-9(17)12-4-2-10(6-13(12)16)20-11-3-5-14-15(7-11)19-8-18-14/h2-7,9H,8,17H2,1H3. The van der Waals surface area contributed by atoms with Gasteiger partial charge in [0.15, 0.2) is 11.5 Å². The van der Waals surface area contributed by atoms with Gasteiger partial charge in [0.1, 0.15) is 11.5 Å². The third-order valence-electron chi connectivity index (χ3n) is 3.04. The Balaban J connectivity index is 1.83. The molecule has 0 fully saturated rings. The molecule has 1 atom stereocenters. The summed E-state index contributed by atoms with van der Waals surface area (Å²) in [7, 11) is 0. The number of hydrogen-bond donors (Lipinski definition) is 1. The molecule has 2 aromatic rings. The van der Waals surface area contributed by atoms with Crippen molar-refractivity contribution in [1.82, 2.24) is 0 Å². The van der Waals surface area contributed by atoms with Gasteiger partial charge in [-0.1, -0.05) is 22.0 Å². The number of rotatable bonds is 3. The Morgan fingerprint density at radius 1 is 1.10 bits per heavy atom. The summed E-state index contributed by atoms with van der Waals surface area (Å²) >= 11 is 3.51. The van der Waals surface area contributed by atoms with Crippen LogP contribution in [0.1, 0.15) is 18.5 Å². The van der Waals surface area contributed by atoms with Crippen LogP contribution in [0.3, 0.4) is 0 Å². The third kappa shape index (κ3) is 2.59. The second-order valence-electron chi connectivity index (χ2n) is 4.59. The molecule has 0 bridgehead atoms. The minimum Gasteiger partial charge on any atom is -0.457 e. The van der Waals surface area contributed by atoms with E-state index in [4.69, 9.17) is 19.9 Å². The lowest BCUT2D eigenvalue weighted by molar-refractivity contribution is 0.174. The minimum atomic E-state index is -0.0241. The topological polar surface area (TPSA) is 53.7 Å². The van der Waals surface area contributed by atoms with Gasteiger partial charge in [0, 0.05) is 16.6 Å². The Hall–Kier alpha value is -1.72. The second kappa shape index (κ2) is 5.34. The van der Waals surface area contributed by atoms with Gasteiger partial charge in [0.2, 0.25) is 6.79 Å². The van der Waals surface area contributed by atoms with E-state index >= 15 is 0 Å². The van der Waals surface area contributed by atoms with Gasteiger partial charge < -0.3 is 19.9 Å². The first-order valence-corrected chi connectivity index (χ1v) is 7.05. The lowest BCUT2D eigenvalue weighted by Gasteiger charge is -2.11. The Morgan fingerprint density at radius 3 is 2.55 bits per heavy atom. The fourth-order valence-electron chi connectivity index (χ4n) is 2.02. The molecular weight excluding hydrogens is 322 g/mol. The molecule has 104 valence electrons. The summed E-state index contributed by atoms with van der Waals surface area (Å²) in [5, 5.41) is 0. The summed E-state index contributed by atoms with van der Waals surface area (Å²) in [6, 6.07) is 11.2. The molecular formula is C15H14BrNO3. The number of nitrogens with two attached hydrogens (primary N) is 1. The van der Waals surface area contributed by atoms with E-state index in [1.807, 2.05) is 43.3 Å².